The molecule has 0 saturated carbocycles. The highest BCUT2D eigenvalue weighted by atomic mass is 19.1. The second-order valence-corrected chi connectivity index (χ2v) is 13.0. The number of alkyl halides is 1. The van der Waals surface area contributed by atoms with E-state index >= 15 is 0 Å². The number of hydrogen-bond donors (Lipinski definition) is 2. The van der Waals surface area contributed by atoms with Crippen LogP contribution < -0.4 is 20.5 Å². The summed E-state index contributed by atoms with van der Waals surface area (Å²) >= 11 is 0. The molecule has 4 aliphatic rings. The minimum absolute atomic E-state index is 0.0434. The van der Waals surface area contributed by atoms with E-state index in [0.717, 1.165) is 32.2 Å². The van der Waals surface area contributed by atoms with Crippen LogP contribution in [0.1, 0.15) is 37.7 Å². The Bertz CT molecular complexity index is 1960. The number of aromatic hydroxyl groups is 1. The maximum atomic E-state index is 14.9. The van der Waals surface area contributed by atoms with Gasteiger partial charge in [0.1, 0.15) is 35.5 Å². The van der Waals surface area contributed by atoms with Gasteiger partial charge in [0.25, 0.3) is 5.56 Å². The van der Waals surface area contributed by atoms with Gasteiger partial charge in [-0.25, -0.2) is 8.78 Å². The Morgan fingerprint density at radius 2 is 1.96 bits per heavy atom. The van der Waals surface area contributed by atoms with E-state index in [4.69, 9.17) is 21.1 Å². The number of hydrogen-bond acceptors (Lipinski definition) is 8. The fourth-order valence-electron chi connectivity index (χ4n) is 8.20. The lowest BCUT2D eigenvalue weighted by molar-refractivity contribution is 0.107. The zero-order valence-electron chi connectivity index (χ0n) is 25.0. The van der Waals surface area contributed by atoms with Gasteiger partial charge in [0.05, 0.1) is 22.3 Å². The Morgan fingerprint density at radius 3 is 2.73 bits per heavy atom. The molecule has 6 heterocycles. The Labute approximate surface area is 258 Å². The predicted octanol–water partition coefficient (Wildman–Crippen LogP) is 3.87. The molecule has 4 atom stereocenters. The van der Waals surface area contributed by atoms with Crippen LogP contribution in [0.4, 0.5) is 14.6 Å². The summed E-state index contributed by atoms with van der Waals surface area (Å²) in [6.07, 6.45) is 9.21. The molecule has 4 saturated heterocycles. The molecule has 0 radical (unpaired) electrons. The lowest BCUT2D eigenvalue weighted by Crippen LogP contribution is -2.51. The number of piperazine rings is 1. The number of phenolic OH excluding ortho intramolecular Hbond substituents is 1. The number of ether oxygens (including phenoxy) is 1. The van der Waals surface area contributed by atoms with Crippen molar-refractivity contribution in [2.75, 3.05) is 37.7 Å². The van der Waals surface area contributed by atoms with Crippen LogP contribution in [-0.2, 0) is 7.05 Å². The van der Waals surface area contributed by atoms with Gasteiger partial charge in [0, 0.05) is 56.1 Å². The molecule has 9 nitrogen and oxygen atoms in total. The Balaban J connectivity index is 1.30. The van der Waals surface area contributed by atoms with Crippen LogP contribution in [0.15, 0.2) is 35.1 Å². The molecule has 4 aromatic rings. The highest BCUT2D eigenvalue weighted by Gasteiger charge is 2.49. The standard InChI is InChI=1S/C34H34F2N6O3/c1-3-24-26(36)8-5-19-11-23(43)12-25(29(19)24)28-13-27-30(32(44)40(28)2)31(41-16-21-6-7-22(17-41)37-21)39-33(38-27)45-18-34-9-4-10-42(34)15-20(35)14-34/h1,5,8,11-13,20-22,37,43H,4,6-7,9-10,14-18H2,2H3/t20-,21?,22?,34+/m1/s1. The average molecular weight is 613 g/mol. The maximum Gasteiger partial charge on any atom is 0.319 e. The number of terminal acetylenes is 1. The number of aromatic nitrogens is 3. The normalized spacial score (nSPS) is 26.1. The van der Waals surface area contributed by atoms with E-state index < -0.39 is 12.0 Å². The number of nitrogens with one attached hydrogen (secondary N) is 1. The van der Waals surface area contributed by atoms with Crippen molar-refractivity contribution < 1.29 is 18.6 Å². The van der Waals surface area contributed by atoms with Gasteiger partial charge >= 0.3 is 6.01 Å². The van der Waals surface area contributed by atoms with Crippen molar-refractivity contribution in [3.8, 4) is 35.4 Å². The topological polar surface area (TPSA) is 95.8 Å². The molecule has 8 rings (SSSR count). The molecule has 2 N–H and O–H groups in total. The first-order valence-corrected chi connectivity index (χ1v) is 15.6. The van der Waals surface area contributed by atoms with Gasteiger partial charge in [-0.15, -0.1) is 6.42 Å². The lowest BCUT2D eigenvalue weighted by Gasteiger charge is -2.34. The van der Waals surface area contributed by atoms with Crippen molar-refractivity contribution in [1.29, 1.82) is 0 Å². The van der Waals surface area contributed by atoms with E-state index in [1.807, 2.05) is 0 Å². The molecule has 45 heavy (non-hydrogen) atoms. The molecule has 11 heteroatoms. The molecule has 0 spiro atoms. The van der Waals surface area contributed by atoms with Gasteiger partial charge in [0.15, 0.2) is 0 Å². The van der Waals surface area contributed by atoms with Crippen LogP contribution in [-0.4, -0.2) is 81.1 Å². The lowest BCUT2D eigenvalue weighted by atomic mass is 9.95. The van der Waals surface area contributed by atoms with Gasteiger partial charge in [-0.3, -0.25) is 9.69 Å². The molecular formula is C34H34F2N6O3. The molecule has 2 aromatic carbocycles. The highest BCUT2D eigenvalue weighted by molar-refractivity contribution is 6.02. The third kappa shape index (κ3) is 4.53. The van der Waals surface area contributed by atoms with Crippen LogP contribution in [0, 0.1) is 18.2 Å². The molecule has 2 unspecified atom stereocenters. The molecule has 2 bridgehead atoms. The number of pyridine rings is 1. The number of rotatable bonds is 5. The smallest absolute Gasteiger partial charge is 0.319 e. The van der Waals surface area contributed by atoms with Gasteiger partial charge in [0.2, 0.25) is 0 Å². The first kappa shape index (κ1) is 28.2. The van der Waals surface area contributed by atoms with Gasteiger partial charge in [-0.2, -0.15) is 9.97 Å². The summed E-state index contributed by atoms with van der Waals surface area (Å²) in [5, 5.41) is 15.6. The average Bonchev–Trinajstić information content (AvgIpc) is 3.67. The van der Waals surface area contributed by atoms with Crippen LogP contribution in [0.3, 0.4) is 0 Å². The molecule has 4 fully saturated rings. The third-order valence-electron chi connectivity index (χ3n) is 10.3. The zero-order chi connectivity index (χ0) is 31.0. The minimum atomic E-state index is -0.890. The first-order chi connectivity index (χ1) is 21.7. The Hall–Kier alpha value is -4.27. The van der Waals surface area contributed by atoms with E-state index in [-0.39, 0.29) is 35.0 Å². The fourth-order valence-corrected chi connectivity index (χ4v) is 8.20. The monoisotopic (exact) mass is 612 g/mol. The van der Waals surface area contributed by atoms with Crippen LogP contribution in [0.2, 0.25) is 0 Å². The number of phenols is 1. The van der Waals surface area contributed by atoms with Crippen molar-refractivity contribution in [2.45, 2.75) is 55.9 Å². The van der Waals surface area contributed by atoms with Crippen molar-refractivity contribution in [1.82, 2.24) is 24.8 Å². The number of anilines is 1. The fraction of sp³-hybridized carbons (Fsp3) is 0.441. The van der Waals surface area contributed by atoms with E-state index in [0.29, 0.717) is 76.9 Å². The van der Waals surface area contributed by atoms with Crippen molar-refractivity contribution >= 4 is 27.5 Å². The summed E-state index contributed by atoms with van der Waals surface area (Å²) in [5.41, 5.74) is 0.499. The second-order valence-electron chi connectivity index (χ2n) is 13.0. The molecule has 232 valence electrons. The van der Waals surface area contributed by atoms with Gasteiger partial charge in [-0.1, -0.05) is 12.0 Å². The molecule has 4 aliphatic heterocycles. The van der Waals surface area contributed by atoms with E-state index in [9.17, 15) is 18.7 Å². The van der Waals surface area contributed by atoms with E-state index in [2.05, 4.69) is 21.0 Å². The quantitative estimate of drug-likeness (QED) is 0.328. The molecular weight excluding hydrogens is 578 g/mol. The number of halogens is 2. The number of fused-ring (bicyclic) bond motifs is 5. The molecule has 2 aromatic heterocycles. The molecule has 0 aliphatic carbocycles. The van der Waals surface area contributed by atoms with Gasteiger partial charge < -0.3 is 24.6 Å². The SMILES string of the molecule is C#Cc1c(F)ccc2cc(O)cc(-c3cc4nc(OC[C@@]56CCCN5C[C@H](F)C6)nc(N5CC6CCC(C5)N6)c4c(=O)n3C)c12. The largest absolute Gasteiger partial charge is 0.508 e. The number of nitrogens with zero attached hydrogens (tertiary/aromatic N) is 5. The van der Waals surface area contributed by atoms with E-state index in [1.165, 1.54) is 22.8 Å². The second kappa shape index (κ2) is 10.4. The van der Waals surface area contributed by atoms with Crippen LogP contribution in [0.5, 0.6) is 11.8 Å². The Kier molecular flexibility index (Phi) is 6.52. The van der Waals surface area contributed by atoms with Crippen molar-refractivity contribution in [3.63, 3.8) is 0 Å². The van der Waals surface area contributed by atoms with Crippen LogP contribution in [0.25, 0.3) is 32.9 Å². The summed E-state index contributed by atoms with van der Waals surface area (Å²) in [7, 11) is 1.64. The first-order valence-electron chi connectivity index (χ1n) is 15.6. The summed E-state index contributed by atoms with van der Waals surface area (Å²) in [6.45, 7) is 2.89. The van der Waals surface area contributed by atoms with E-state index in [1.54, 1.807) is 19.2 Å². The maximum absolute atomic E-state index is 14.9. The summed E-state index contributed by atoms with van der Waals surface area (Å²) in [5.74, 6) is 2.33. The minimum Gasteiger partial charge on any atom is -0.508 e. The van der Waals surface area contributed by atoms with Crippen LogP contribution >= 0.6 is 0 Å². The summed E-state index contributed by atoms with van der Waals surface area (Å²) < 4.78 is 37.2. The zero-order valence-corrected chi connectivity index (χ0v) is 25.0. The van der Waals surface area contributed by atoms with Crippen molar-refractivity contribution in [3.05, 3.63) is 52.1 Å². The van der Waals surface area contributed by atoms with Gasteiger partial charge in [-0.05, 0) is 61.9 Å². The number of benzene rings is 2. The highest BCUT2D eigenvalue weighted by Crippen LogP contribution is 2.41. The molecule has 0 amide bonds. The predicted molar refractivity (Wildman–Crippen MR) is 168 cm³/mol. The summed E-state index contributed by atoms with van der Waals surface area (Å²) in [6, 6.07) is 8.28. The Morgan fingerprint density at radius 1 is 1.16 bits per heavy atom. The van der Waals surface area contributed by atoms with Crippen molar-refractivity contribution in [2.24, 2.45) is 7.05 Å². The summed E-state index contributed by atoms with van der Waals surface area (Å²) in [4.78, 5) is 28.2. The third-order valence-corrected chi connectivity index (χ3v) is 10.3.